The second-order valence-corrected chi connectivity index (χ2v) is 3.78. The largest absolute Gasteiger partial charge is 0.303 e. The van der Waals surface area contributed by atoms with Crippen LogP contribution in [0.15, 0.2) is 0 Å². The Bertz CT molecular complexity index is 180. The van der Waals surface area contributed by atoms with E-state index in [-0.39, 0.29) is 5.41 Å². The van der Waals surface area contributed by atoms with Gasteiger partial charge in [-0.05, 0) is 12.8 Å². The lowest BCUT2D eigenvalue weighted by Crippen LogP contribution is -2.20. The molecule has 0 aromatic heterocycles. The van der Waals surface area contributed by atoms with Crippen molar-refractivity contribution < 1.29 is 4.79 Å². The Kier molecular flexibility index (Phi) is 3.34. The van der Waals surface area contributed by atoms with Crippen molar-refractivity contribution in [2.75, 3.05) is 0 Å². The van der Waals surface area contributed by atoms with Crippen LogP contribution in [0, 0.1) is 17.8 Å². The summed E-state index contributed by atoms with van der Waals surface area (Å²) in [5.41, 5.74) is -0.161. The van der Waals surface area contributed by atoms with Crippen LogP contribution in [0.5, 0.6) is 0 Å². The van der Waals surface area contributed by atoms with Gasteiger partial charge in [0.15, 0.2) is 0 Å². The molecule has 0 aromatic rings. The van der Waals surface area contributed by atoms with Gasteiger partial charge in [-0.25, -0.2) is 0 Å². The molecule has 1 aliphatic carbocycles. The van der Waals surface area contributed by atoms with E-state index in [0.717, 1.165) is 19.1 Å². The highest BCUT2D eigenvalue weighted by atomic mass is 16.1. The maximum atomic E-state index is 10.9. The third kappa shape index (κ3) is 2.11. The predicted molar refractivity (Wildman–Crippen MR) is 49.6 cm³/mol. The third-order valence-electron chi connectivity index (χ3n) is 2.80. The molecule has 1 rings (SSSR count). The van der Waals surface area contributed by atoms with Gasteiger partial charge in [-0.3, -0.25) is 0 Å². The van der Waals surface area contributed by atoms with E-state index in [9.17, 15) is 4.79 Å². The van der Waals surface area contributed by atoms with Crippen LogP contribution in [0.1, 0.15) is 44.9 Å². The van der Waals surface area contributed by atoms with E-state index in [0.29, 0.717) is 6.42 Å². The van der Waals surface area contributed by atoms with Crippen LogP contribution >= 0.6 is 0 Å². The summed E-state index contributed by atoms with van der Waals surface area (Å²) in [6, 6.07) is 0. The molecule has 1 nitrogen and oxygen atoms in total. The van der Waals surface area contributed by atoms with Crippen molar-refractivity contribution in [3.8, 4) is 12.3 Å². The Hall–Kier alpha value is -0.770. The summed E-state index contributed by atoms with van der Waals surface area (Å²) >= 11 is 0. The molecule has 0 saturated heterocycles. The maximum Gasteiger partial charge on any atom is 0.127 e. The predicted octanol–water partition coefficient (Wildman–Crippen LogP) is 2.55. The van der Waals surface area contributed by atoms with Gasteiger partial charge in [-0.15, -0.1) is 12.3 Å². The SMILES string of the molecule is C#CCC1(C=O)CCCCCC1. The monoisotopic (exact) mass is 164 g/mol. The highest BCUT2D eigenvalue weighted by Crippen LogP contribution is 2.35. The Morgan fingerprint density at radius 1 is 1.25 bits per heavy atom. The highest BCUT2D eigenvalue weighted by molar-refractivity contribution is 5.60. The number of aldehydes is 1. The standard InChI is InChI=1S/C11H16O/c1-2-7-11(10-12)8-5-3-4-6-9-11/h1,10H,3-9H2. The van der Waals surface area contributed by atoms with E-state index in [2.05, 4.69) is 5.92 Å². The normalized spacial score (nSPS) is 22.2. The number of carbonyl (C=O) groups is 1. The van der Waals surface area contributed by atoms with Crippen LogP contribution in [-0.2, 0) is 4.79 Å². The Balaban J connectivity index is 2.62. The zero-order chi connectivity index (χ0) is 8.86. The zero-order valence-electron chi connectivity index (χ0n) is 7.51. The number of rotatable bonds is 2. The van der Waals surface area contributed by atoms with Gasteiger partial charge in [0.25, 0.3) is 0 Å². The molecule has 0 aliphatic heterocycles. The molecular formula is C11H16O. The average molecular weight is 164 g/mol. The second-order valence-electron chi connectivity index (χ2n) is 3.78. The minimum Gasteiger partial charge on any atom is -0.303 e. The smallest absolute Gasteiger partial charge is 0.127 e. The fourth-order valence-electron chi connectivity index (χ4n) is 1.97. The summed E-state index contributed by atoms with van der Waals surface area (Å²) in [5.74, 6) is 2.63. The van der Waals surface area contributed by atoms with Gasteiger partial charge in [-0.2, -0.15) is 0 Å². The number of hydrogen-bond donors (Lipinski definition) is 0. The summed E-state index contributed by atoms with van der Waals surface area (Å²) in [5, 5.41) is 0. The van der Waals surface area contributed by atoms with Crippen LogP contribution in [0.25, 0.3) is 0 Å². The number of carbonyl (C=O) groups excluding carboxylic acids is 1. The van der Waals surface area contributed by atoms with Crippen LogP contribution in [-0.4, -0.2) is 6.29 Å². The summed E-state index contributed by atoms with van der Waals surface area (Å²) in [4.78, 5) is 10.9. The lowest BCUT2D eigenvalue weighted by atomic mass is 9.79. The lowest BCUT2D eigenvalue weighted by molar-refractivity contribution is -0.116. The van der Waals surface area contributed by atoms with Gasteiger partial charge < -0.3 is 4.79 Å². The van der Waals surface area contributed by atoms with E-state index in [1.54, 1.807) is 0 Å². The van der Waals surface area contributed by atoms with Gasteiger partial charge in [0, 0.05) is 11.8 Å². The summed E-state index contributed by atoms with van der Waals surface area (Å²) in [6.45, 7) is 0. The first-order chi connectivity index (χ1) is 5.83. The molecule has 0 unspecified atom stereocenters. The summed E-state index contributed by atoms with van der Waals surface area (Å²) < 4.78 is 0. The van der Waals surface area contributed by atoms with Crippen LogP contribution in [0.4, 0.5) is 0 Å². The minimum absolute atomic E-state index is 0.161. The third-order valence-corrected chi connectivity index (χ3v) is 2.80. The molecule has 0 radical (unpaired) electrons. The molecule has 0 atom stereocenters. The number of hydrogen-bond acceptors (Lipinski definition) is 1. The van der Waals surface area contributed by atoms with Gasteiger partial charge in [0.1, 0.15) is 6.29 Å². The first-order valence-corrected chi connectivity index (χ1v) is 4.73. The Morgan fingerprint density at radius 2 is 1.83 bits per heavy atom. The fourth-order valence-corrected chi connectivity index (χ4v) is 1.97. The van der Waals surface area contributed by atoms with Crippen molar-refractivity contribution in [2.24, 2.45) is 5.41 Å². The maximum absolute atomic E-state index is 10.9. The van der Waals surface area contributed by atoms with Gasteiger partial charge >= 0.3 is 0 Å². The number of terminal acetylenes is 1. The van der Waals surface area contributed by atoms with E-state index in [1.165, 1.54) is 25.7 Å². The first-order valence-electron chi connectivity index (χ1n) is 4.73. The quantitative estimate of drug-likeness (QED) is 0.348. The Labute approximate surface area is 74.5 Å². The Morgan fingerprint density at radius 3 is 2.25 bits per heavy atom. The first kappa shape index (κ1) is 9.32. The molecule has 1 fully saturated rings. The molecular weight excluding hydrogens is 148 g/mol. The molecule has 0 heterocycles. The average Bonchev–Trinajstić information content (AvgIpc) is 2.32. The molecule has 1 saturated carbocycles. The highest BCUT2D eigenvalue weighted by Gasteiger charge is 2.29. The molecule has 0 bridgehead atoms. The van der Waals surface area contributed by atoms with E-state index >= 15 is 0 Å². The molecule has 0 amide bonds. The molecule has 12 heavy (non-hydrogen) atoms. The molecule has 0 N–H and O–H groups in total. The zero-order valence-corrected chi connectivity index (χ0v) is 7.51. The molecule has 1 aliphatic rings. The van der Waals surface area contributed by atoms with E-state index < -0.39 is 0 Å². The minimum atomic E-state index is -0.161. The summed E-state index contributed by atoms with van der Waals surface area (Å²) in [7, 11) is 0. The van der Waals surface area contributed by atoms with Crippen LogP contribution in [0.3, 0.4) is 0 Å². The van der Waals surface area contributed by atoms with Crippen molar-refractivity contribution in [3.63, 3.8) is 0 Å². The van der Waals surface area contributed by atoms with Gasteiger partial charge in [-0.1, -0.05) is 25.7 Å². The fraction of sp³-hybridized carbons (Fsp3) is 0.727. The van der Waals surface area contributed by atoms with E-state index in [1.807, 2.05) is 0 Å². The second kappa shape index (κ2) is 4.30. The van der Waals surface area contributed by atoms with E-state index in [4.69, 9.17) is 6.42 Å². The van der Waals surface area contributed by atoms with Crippen molar-refractivity contribution in [1.29, 1.82) is 0 Å². The lowest BCUT2D eigenvalue weighted by Gasteiger charge is -2.23. The van der Waals surface area contributed by atoms with Gasteiger partial charge in [0.05, 0.1) is 0 Å². The molecule has 66 valence electrons. The summed E-state index contributed by atoms with van der Waals surface area (Å²) in [6.07, 6.45) is 13.9. The topological polar surface area (TPSA) is 17.1 Å². The molecule has 1 heteroatoms. The van der Waals surface area contributed by atoms with Crippen molar-refractivity contribution in [1.82, 2.24) is 0 Å². The molecule has 0 aromatic carbocycles. The van der Waals surface area contributed by atoms with Crippen LogP contribution < -0.4 is 0 Å². The van der Waals surface area contributed by atoms with Crippen LogP contribution in [0.2, 0.25) is 0 Å². The molecule has 0 spiro atoms. The van der Waals surface area contributed by atoms with Crippen molar-refractivity contribution in [2.45, 2.75) is 44.9 Å². The van der Waals surface area contributed by atoms with Gasteiger partial charge in [0.2, 0.25) is 0 Å². The van der Waals surface area contributed by atoms with Crippen molar-refractivity contribution >= 4 is 6.29 Å². The van der Waals surface area contributed by atoms with Crippen molar-refractivity contribution in [3.05, 3.63) is 0 Å².